The smallest absolute Gasteiger partial charge is 0.198 e. The molecule has 0 aliphatic heterocycles. The Hall–Kier alpha value is -2.79. The number of aliphatic hydroxyl groups is 1. The van der Waals surface area contributed by atoms with E-state index >= 15 is 0 Å². The molecule has 2 aromatic rings. The van der Waals surface area contributed by atoms with Crippen molar-refractivity contribution in [2.24, 2.45) is 0 Å². The van der Waals surface area contributed by atoms with Gasteiger partial charge in [0, 0.05) is 23.1 Å². The van der Waals surface area contributed by atoms with E-state index in [9.17, 15) is 24.6 Å². The van der Waals surface area contributed by atoms with Crippen LogP contribution in [0.3, 0.4) is 0 Å². The highest BCUT2D eigenvalue weighted by atomic mass is 16.3. The van der Waals surface area contributed by atoms with Crippen molar-refractivity contribution in [2.75, 3.05) is 0 Å². The molecule has 25 heavy (non-hydrogen) atoms. The van der Waals surface area contributed by atoms with Crippen molar-refractivity contribution in [3.05, 3.63) is 63.7 Å². The van der Waals surface area contributed by atoms with Crippen LogP contribution in [-0.4, -0.2) is 33.2 Å². The fourth-order valence-corrected chi connectivity index (χ4v) is 3.80. The standard InChI is InChI=1S/C20H16O5/c1-10(21)20(25)7-6-12-11(9-20)8-15-16(18(12)23)19(24)14-5-3-2-4-13(14)17(15)22/h2-5,8,23,25H,6-7,9H2,1H3. The first-order valence-electron chi connectivity index (χ1n) is 8.13. The highest BCUT2D eigenvalue weighted by Crippen LogP contribution is 2.41. The number of ketones is 3. The Bertz CT molecular complexity index is 972. The van der Waals surface area contributed by atoms with E-state index in [4.69, 9.17) is 0 Å². The number of hydrogen-bond acceptors (Lipinski definition) is 5. The third-order valence-electron chi connectivity index (χ3n) is 5.31. The predicted molar refractivity (Wildman–Crippen MR) is 89.1 cm³/mol. The molecule has 126 valence electrons. The average molecular weight is 336 g/mol. The van der Waals surface area contributed by atoms with Crippen LogP contribution in [0.25, 0.3) is 0 Å². The summed E-state index contributed by atoms with van der Waals surface area (Å²) in [5.41, 5.74) is 0.325. The quantitative estimate of drug-likeness (QED) is 0.709. The van der Waals surface area contributed by atoms with Crippen LogP contribution in [0, 0.1) is 0 Å². The van der Waals surface area contributed by atoms with Crippen molar-refractivity contribution in [2.45, 2.75) is 31.8 Å². The van der Waals surface area contributed by atoms with Gasteiger partial charge in [0.2, 0.25) is 0 Å². The minimum Gasteiger partial charge on any atom is -0.507 e. The number of carbonyl (C=O) groups is 3. The van der Waals surface area contributed by atoms with Gasteiger partial charge in [-0.2, -0.15) is 0 Å². The van der Waals surface area contributed by atoms with Gasteiger partial charge in [0.1, 0.15) is 11.4 Å². The third-order valence-corrected chi connectivity index (χ3v) is 5.31. The third kappa shape index (κ3) is 2.09. The van der Waals surface area contributed by atoms with E-state index < -0.39 is 5.60 Å². The minimum absolute atomic E-state index is 0.0238. The van der Waals surface area contributed by atoms with Gasteiger partial charge in [0.15, 0.2) is 17.3 Å². The number of phenols is 1. The fourth-order valence-electron chi connectivity index (χ4n) is 3.80. The molecule has 0 heterocycles. The molecule has 2 aromatic carbocycles. The number of hydrogen-bond donors (Lipinski definition) is 2. The zero-order valence-electron chi connectivity index (χ0n) is 13.6. The summed E-state index contributed by atoms with van der Waals surface area (Å²) in [4.78, 5) is 37.3. The van der Waals surface area contributed by atoms with E-state index in [1.807, 2.05) is 0 Å². The lowest BCUT2D eigenvalue weighted by atomic mass is 9.74. The molecule has 5 nitrogen and oxygen atoms in total. The maximum absolute atomic E-state index is 12.8. The zero-order valence-corrected chi connectivity index (χ0v) is 13.6. The highest BCUT2D eigenvalue weighted by molar-refractivity contribution is 6.29. The molecule has 1 atom stereocenters. The predicted octanol–water partition coefficient (Wildman–Crippen LogP) is 1.98. The number of rotatable bonds is 1. The van der Waals surface area contributed by atoms with Crippen molar-refractivity contribution in [3.8, 4) is 5.75 Å². The molecule has 5 heteroatoms. The summed E-state index contributed by atoms with van der Waals surface area (Å²) >= 11 is 0. The fraction of sp³-hybridized carbons (Fsp3) is 0.250. The van der Waals surface area contributed by atoms with E-state index in [2.05, 4.69) is 0 Å². The average Bonchev–Trinajstić information content (AvgIpc) is 2.59. The van der Waals surface area contributed by atoms with E-state index in [1.54, 1.807) is 30.3 Å². The Kier molecular flexibility index (Phi) is 3.21. The lowest BCUT2D eigenvalue weighted by molar-refractivity contribution is -0.136. The number of Topliss-reactive ketones (excluding diaryl/α,β-unsaturated/α-hetero) is 1. The van der Waals surface area contributed by atoms with Gasteiger partial charge < -0.3 is 10.2 Å². The molecule has 0 bridgehead atoms. The van der Waals surface area contributed by atoms with Gasteiger partial charge in [-0.3, -0.25) is 14.4 Å². The Balaban J connectivity index is 1.93. The maximum Gasteiger partial charge on any atom is 0.198 e. The number of phenolic OH excluding ortho intramolecular Hbond substituents is 1. The van der Waals surface area contributed by atoms with Crippen LogP contribution in [0.1, 0.15) is 56.3 Å². The molecule has 4 rings (SSSR count). The largest absolute Gasteiger partial charge is 0.507 e. The molecule has 0 fully saturated rings. The number of fused-ring (bicyclic) bond motifs is 3. The van der Waals surface area contributed by atoms with Gasteiger partial charge in [-0.1, -0.05) is 24.3 Å². The second kappa shape index (κ2) is 5.10. The summed E-state index contributed by atoms with van der Waals surface area (Å²) in [5, 5.41) is 21.1. The first-order chi connectivity index (χ1) is 11.8. The van der Waals surface area contributed by atoms with Crippen LogP contribution in [-0.2, 0) is 17.6 Å². The summed E-state index contributed by atoms with van der Waals surface area (Å²) < 4.78 is 0. The topological polar surface area (TPSA) is 91.7 Å². The summed E-state index contributed by atoms with van der Waals surface area (Å²) in [5.74, 6) is -1.26. The van der Waals surface area contributed by atoms with Crippen LogP contribution in [0.15, 0.2) is 30.3 Å². The molecular formula is C20H16O5. The van der Waals surface area contributed by atoms with Crippen molar-refractivity contribution < 1.29 is 24.6 Å². The van der Waals surface area contributed by atoms with E-state index in [0.29, 0.717) is 16.7 Å². The van der Waals surface area contributed by atoms with Crippen molar-refractivity contribution in [3.63, 3.8) is 0 Å². The van der Waals surface area contributed by atoms with Gasteiger partial charge in [-0.15, -0.1) is 0 Å². The van der Waals surface area contributed by atoms with Crippen LogP contribution >= 0.6 is 0 Å². The summed E-state index contributed by atoms with van der Waals surface area (Å²) in [6.45, 7) is 1.33. The Morgan fingerprint density at radius 3 is 2.36 bits per heavy atom. The molecule has 0 radical (unpaired) electrons. The molecule has 2 aliphatic carbocycles. The molecule has 0 spiro atoms. The van der Waals surface area contributed by atoms with Gasteiger partial charge in [0.05, 0.1) is 5.56 Å². The van der Waals surface area contributed by atoms with E-state index in [1.165, 1.54) is 6.92 Å². The van der Waals surface area contributed by atoms with Crippen molar-refractivity contribution in [1.29, 1.82) is 0 Å². The molecule has 1 unspecified atom stereocenters. The Labute approximate surface area is 143 Å². The Morgan fingerprint density at radius 1 is 1.08 bits per heavy atom. The van der Waals surface area contributed by atoms with Crippen molar-refractivity contribution in [1.82, 2.24) is 0 Å². The molecule has 0 amide bonds. The maximum atomic E-state index is 12.8. The van der Waals surface area contributed by atoms with Gasteiger partial charge in [0.25, 0.3) is 0 Å². The summed E-state index contributed by atoms with van der Waals surface area (Å²) in [6, 6.07) is 8.07. The highest BCUT2D eigenvalue weighted by Gasteiger charge is 2.40. The van der Waals surface area contributed by atoms with Gasteiger partial charge in [-0.05, 0) is 37.0 Å². The molecular weight excluding hydrogens is 320 g/mol. The van der Waals surface area contributed by atoms with Gasteiger partial charge >= 0.3 is 0 Å². The van der Waals surface area contributed by atoms with Crippen LogP contribution in [0.4, 0.5) is 0 Å². The molecule has 0 aromatic heterocycles. The lowest BCUT2D eigenvalue weighted by Crippen LogP contribution is -2.42. The van der Waals surface area contributed by atoms with E-state index in [-0.39, 0.29) is 59.1 Å². The SMILES string of the molecule is CC(=O)C1(O)CCc2c(cc3c(c2O)C(=O)c2ccccc2C3=O)C1. The number of benzene rings is 2. The Morgan fingerprint density at radius 2 is 1.72 bits per heavy atom. The second-order valence-electron chi connectivity index (χ2n) is 6.75. The van der Waals surface area contributed by atoms with Crippen LogP contribution in [0.5, 0.6) is 5.75 Å². The van der Waals surface area contributed by atoms with Crippen LogP contribution < -0.4 is 0 Å². The number of carbonyl (C=O) groups excluding carboxylic acids is 3. The van der Waals surface area contributed by atoms with Crippen molar-refractivity contribution >= 4 is 17.3 Å². The first-order valence-corrected chi connectivity index (χ1v) is 8.13. The minimum atomic E-state index is -1.49. The molecule has 0 saturated heterocycles. The number of aromatic hydroxyl groups is 1. The van der Waals surface area contributed by atoms with Gasteiger partial charge in [-0.25, -0.2) is 0 Å². The normalized spacial score (nSPS) is 21.4. The summed E-state index contributed by atoms with van der Waals surface area (Å²) in [6.07, 6.45) is 0.482. The van der Waals surface area contributed by atoms with Crippen LogP contribution in [0.2, 0.25) is 0 Å². The van der Waals surface area contributed by atoms with E-state index in [0.717, 1.165) is 0 Å². The lowest BCUT2D eigenvalue weighted by Gasteiger charge is -2.33. The first kappa shape index (κ1) is 15.7. The molecule has 0 saturated carbocycles. The zero-order chi connectivity index (χ0) is 17.9. The molecule has 2 aliphatic rings. The monoisotopic (exact) mass is 336 g/mol. The summed E-state index contributed by atoms with van der Waals surface area (Å²) in [7, 11) is 0. The second-order valence-corrected chi connectivity index (χ2v) is 6.75. The molecule has 2 N–H and O–H groups in total.